The van der Waals surface area contributed by atoms with Gasteiger partial charge in [-0.25, -0.2) is 0 Å². The fourth-order valence-corrected chi connectivity index (χ4v) is 2.63. The molecule has 0 bridgehead atoms. The van der Waals surface area contributed by atoms with Gasteiger partial charge in [0, 0.05) is 0 Å². The first-order chi connectivity index (χ1) is 6.18. The molecule has 0 amide bonds. The standard InChI is InChI=1S/C12H25N/c1-5-10(3)7-12(6-2)8-11(12)9-13-4/h10-11,13H,5-9H2,1-4H3. The van der Waals surface area contributed by atoms with E-state index < -0.39 is 0 Å². The Hall–Kier alpha value is -0.0400. The first-order valence-corrected chi connectivity index (χ1v) is 5.83. The average molecular weight is 183 g/mol. The van der Waals surface area contributed by atoms with Crippen LogP contribution >= 0.6 is 0 Å². The molecule has 0 aliphatic heterocycles. The zero-order valence-electron chi connectivity index (χ0n) is 9.69. The van der Waals surface area contributed by atoms with Crippen molar-refractivity contribution in [2.24, 2.45) is 17.3 Å². The van der Waals surface area contributed by atoms with Crippen LogP contribution in [-0.2, 0) is 0 Å². The largest absolute Gasteiger partial charge is 0.319 e. The average Bonchev–Trinajstić information content (AvgIpc) is 2.80. The van der Waals surface area contributed by atoms with Gasteiger partial charge in [-0.2, -0.15) is 0 Å². The van der Waals surface area contributed by atoms with E-state index in [0.717, 1.165) is 17.3 Å². The molecule has 0 saturated heterocycles. The normalized spacial score (nSPS) is 34.6. The maximum Gasteiger partial charge on any atom is -0.00180 e. The zero-order valence-corrected chi connectivity index (χ0v) is 9.69. The van der Waals surface area contributed by atoms with E-state index in [1.54, 1.807) is 0 Å². The van der Waals surface area contributed by atoms with E-state index in [1.807, 2.05) is 0 Å². The Morgan fingerprint density at radius 2 is 2.15 bits per heavy atom. The van der Waals surface area contributed by atoms with Crippen LogP contribution < -0.4 is 5.32 Å². The Kier molecular flexibility index (Phi) is 3.78. The Bertz CT molecular complexity index is 155. The molecular formula is C12H25N. The van der Waals surface area contributed by atoms with Gasteiger partial charge in [0.1, 0.15) is 0 Å². The van der Waals surface area contributed by atoms with Gasteiger partial charge in [-0.3, -0.25) is 0 Å². The van der Waals surface area contributed by atoms with Gasteiger partial charge in [-0.15, -0.1) is 0 Å². The minimum atomic E-state index is 0.721. The number of hydrogen-bond donors (Lipinski definition) is 1. The lowest BCUT2D eigenvalue weighted by molar-refractivity contribution is 0.323. The van der Waals surface area contributed by atoms with Crippen LogP contribution in [0, 0.1) is 17.3 Å². The van der Waals surface area contributed by atoms with Crippen LogP contribution in [0.25, 0.3) is 0 Å². The molecule has 78 valence electrons. The van der Waals surface area contributed by atoms with Gasteiger partial charge < -0.3 is 5.32 Å². The summed E-state index contributed by atoms with van der Waals surface area (Å²) in [6, 6.07) is 0. The van der Waals surface area contributed by atoms with Crippen molar-refractivity contribution in [3.8, 4) is 0 Å². The van der Waals surface area contributed by atoms with E-state index in [9.17, 15) is 0 Å². The molecule has 1 aliphatic rings. The van der Waals surface area contributed by atoms with Crippen LogP contribution in [0.15, 0.2) is 0 Å². The number of nitrogens with one attached hydrogen (secondary N) is 1. The third kappa shape index (κ3) is 2.46. The van der Waals surface area contributed by atoms with Crippen molar-refractivity contribution in [3.05, 3.63) is 0 Å². The summed E-state index contributed by atoms with van der Waals surface area (Å²) in [5.41, 5.74) is 0.721. The van der Waals surface area contributed by atoms with E-state index in [4.69, 9.17) is 0 Å². The van der Waals surface area contributed by atoms with Gasteiger partial charge in [-0.05, 0) is 43.7 Å². The van der Waals surface area contributed by atoms with E-state index in [-0.39, 0.29) is 0 Å². The molecular weight excluding hydrogens is 158 g/mol. The minimum absolute atomic E-state index is 0.721. The second-order valence-electron chi connectivity index (χ2n) is 4.89. The summed E-state index contributed by atoms with van der Waals surface area (Å²) in [5, 5.41) is 3.31. The fourth-order valence-electron chi connectivity index (χ4n) is 2.63. The lowest BCUT2D eigenvalue weighted by atomic mass is 9.87. The Morgan fingerprint density at radius 1 is 1.46 bits per heavy atom. The molecule has 1 rings (SSSR count). The summed E-state index contributed by atoms with van der Waals surface area (Å²) < 4.78 is 0. The smallest absolute Gasteiger partial charge is 0.00180 e. The summed E-state index contributed by atoms with van der Waals surface area (Å²) >= 11 is 0. The van der Waals surface area contributed by atoms with Crippen LogP contribution in [0.1, 0.15) is 46.5 Å². The molecule has 1 heteroatoms. The molecule has 0 heterocycles. The van der Waals surface area contributed by atoms with Crippen LogP contribution in [-0.4, -0.2) is 13.6 Å². The van der Waals surface area contributed by atoms with Gasteiger partial charge in [0.05, 0.1) is 0 Å². The predicted molar refractivity (Wildman–Crippen MR) is 58.8 cm³/mol. The first kappa shape index (κ1) is 11.0. The highest BCUT2D eigenvalue weighted by atomic mass is 14.8. The van der Waals surface area contributed by atoms with Crippen molar-refractivity contribution in [2.45, 2.75) is 46.5 Å². The third-order valence-corrected chi connectivity index (χ3v) is 3.97. The number of hydrogen-bond acceptors (Lipinski definition) is 1. The molecule has 0 aromatic rings. The van der Waals surface area contributed by atoms with Crippen molar-refractivity contribution in [1.82, 2.24) is 5.32 Å². The second-order valence-corrected chi connectivity index (χ2v) is 4.89. The van der Waals surface area contributed by atoms with Crippen molar-refractivity contribution in [1.29, 1.82) is 0 Å². The Morgan fingerprint density at radius 3 is 2.62 bits per heavy atom. The molecule has 1 saturated carbocycles. The maximum atomic E-state index is 3.31. The highest BCUT2D eigenvalue weighted by molar-refractivity contribution is 5.02. The van der Waals surface area contributed by atoms with E-state index in [1.165, 1.54) is 32.2 Å². The van der Waals surface area contributed by atoms with Crippen LogP contribution in [0.3, 0.4) is 0 Å². The van der Waals surface area contributed by atoms with E-state index in [0.29, 0.717) is 0 Å². The predicted octanol–water partition coefficient (Wildman–Crippen LogP) is 3.06. The molecule has 1 N–H and O–H groups in total. The molecule has 3 atom stereocenters. The molecule has 0 spiro atoms. The van der Waals surface area contributed by atoms with Gasteiger partial charge in [0.2, 0.25) is 0 Å². The SMILES string of the molecule is CCC(C)CC1(CC)CC1CNC. The van der Waals surface area contributed by atoms with Crippen molar-refractivity contribution in [2.75, 3.05) is 13.6 Å². The summed E-state index contributed by atoms with van der Waals surface area (Å²) in [7, 11) is 2.07. The number of rotatable bonds is 6. The van der Waals surface area contributed by atoms with Gasteiger partial charge in [0.25, 0.3) is 0 Å². The molecule has 0 aromatic carbocycles. The van der Waals surface area contributed by atoms with Gasteiger partial charge >= 0.3 is 0 Å². The molecule has 13 heavy (non-hydrogen) atoms. The summed E-state index contributed by atoms with van der Waals surface area (Å²) in [6.07, 6.45) is 5.64. The monoisotopic (exact) mass is 183 g/mol. The summed E-state index contributed by atoms with van der Waals surface area (Å²) in [4.78, 5) is 0. The molecule has 0 radical (unpaired) electrons. The van der Waals surface area contributed by atoms with Crippen LogP contribution in [0.2, 0.25) is 0 Å². The Labute approximate surface area is 83.3 Å². The first-order valence-electron chi connectivity index (χ1n) is 5.83. The van der Waals surface area contributed by atoms with E-state index in [2.05, 4.69) is 33.1 Å². The summed E-state index contributed by atoms with van der Waals surface area (Å²) in [6.45, 7) is 8.29. The molecule has 1 nitrogen and oxygen atoms in total. The lowest BCUT2D eigenvalue weighted by Gasteiger charge is -2.19. The second kappa shape index (κ2) is 4.45. The van der Waals surface area contributed by atoms with Crippen LogP contribution in [0.4, 0.5) is 0 Å². The summed E-state index contributed by atoms with van der Waals surface area (Å²) in [5.74, 6) is 1.89. The van der Waals surface area contributed by atoms with Crippen molar-refractivity contribution < 1.29 is 0 Å². The highest BCUT2D eigenvalue weighted by Crippen LogP contribution is 2.58. The lowest BCUT2D eigenvalue weighted by Crippen LogP contribution is -2.16. The molecule has 1 fully saturated rings. The Balaban J connectivity index is 2.36. The topological polar surface area (TPSA) is 12.0 Å². The van der Waals surface area contributed by atoms with Gasteiger partial charge in [0.15, 0.2) is 0 Å². The zero-order chi connectivity index (χ0) is 9.90. The molecule has 3 unspecified atom stereocenters. The highest BCUT2D eigenvalue weighted by Gasteiger charge is 2.51. The van der Waals surface area contributed by atoms with Crippen molar-refractivity contribution >= 4 is 0 Å². The molecule has 1 aliphatic carbocycles. The quantitative estimate of drug-likeness (QED) is 0.667. The molecule has 0 aromatic heterocycles. The van der Waals surface area contributed by atoms with E-state index >= 15 is 0 Å². The van der Waals surface area contributed by atoms with Gasteiger partial charge in [-0.1, -0.05) is 33.6 Å². The van der Waals surface area contributed by atoms with Crippen molar-refractivity contribution in [3.63, 3.8) is 0 Å². The minimum Gasteiger partial charge on any atom is -0.319 e. The third-order valence-electron chi connectivity index (χ3n) is 3.97. The van der Waals surface area contributed by atoms with Crippen LogP contribution in [0.5, 0.6) is 0 Å². The maximum absolute atomic E-state index is 3.31. The fraction of sp³-hybridized carbons (Fsp3) is 1.00.